The van der Waals surface area contributed by atoms with Crippen LogP contribution in [0.4, 0.5) is 0 Å². The molecular formula is C8H8BClO. The van der Waals surface area contributed by atoms with Gasteiger partial charge in [-0.1, -0.05) is 11.6 Å². The summed E-state index contributed by atoms with van der Waals surface area (Å²) in [6.07, 6.45) is 0.543. The highest BCUT2D eigenvalue weighted by Crippen LogP contribution is 2.10. The van der Waals surface area contributed by atoms with Crippen molar-refractivity contribution in [3.8, 4) is 0 Å². The highest BCUT2D eigenvalue weighted by Gasteiger charge is 2.00. The van der Waals surface area contributed by atoms with Crippen LogP contribution in [0.3, 0.4) is 0 Å². The van der Waals surface area contributed by atoms with E-state index >= 15 is 0 Å². The molecule has 0 aliphatic carbocycles. The van der Waals surface area contributed by atoms with Gasteiger partial charge < -0.3 is 0 Å². The molecule has 1 aromatic carbocycles. The van der Waals surface area contributed by atoms with Crippen molar-refractivity contribution in [2.75, 3.05) is 0 Å². The van der Waals surface area contributed by atoms with E-state index in [0.717, 1.165) is 5.56 Å². The molecule has 0 spiro atoms. The summed E-state index contributed by atoms with van der Waals surface area (Å²) in [7, 11) is 1.84. The summed E-state index contributed by atoms with van der Waals surface area (Å²) >= 11 is 5.65. The van der Waals surface area contributed by atoms with E-state index in [2.05, 4.69) is 0 Å². The minimum absolute atomic E-state index is 0.154. The van der Waals surface area contributed by atoms with Crippen LogP contribution >= 0.6 is 11.6 Å². The Bertz CT molecular complexity index is 255. The van der Waals surface area contributed by atoms with E-state index < -0.39 is 0 Å². The van der Waals surface area contributed by atoms with Crippen molar-refractivity contribution in [3.63, 3.8) is 0 Å². The molecule has 1 nitrogen and oxygen atoms in total. The predicted octanol–water partition coefficient (Wildman–Crippen LogP) is 1.57. The van der Waals surface area contributed by atoms with Crippen molar-refractivity contribution < 1.29 is 4.79 Å². The lowest BCUT2D eigenvalue weighted by molar-refractivity contribution is 0.101. The Kier molecular flexibility index (Phi) is 2.72. The van der Waals surface area contributed by atoms with Gasteiger partial charge in [-0.2, -0.15) is 0 Å². The smallest absolute Gasteiger partial charge is 0.155 e. The Balaban J connectivity index is 2.90. The first-order valence-electron chi connectivity index (χ1n) is 3.53. The Labute approximate surface area is 71.8 Å². The van der Waals surface area contributed by atoms with Gasteiger partial charge in [0.15, 0.2) is 5.78 Å². The van der Waals surface area contributed by atoms with Gasteiger partial charge in [0.05, 0.1) is 0 Å². The molecule has 0 aliphatic rings. The standard InChI is InChI=1S/C8H8BClO/c9-5-8(11)6-1-3-7(10)4-2-6/h1-4H,5,9H2. The maximum Gasteiger partial charge on any atom is 0.155 e. The molecule has 0 amide bonds. The van der Waals surface area contributed by atoms with E-state index in [1.54, 1.807) is 24.3 Å². The summed E-state index contributed by atoms with van der Waals surface area (Å²) in [6.45, 7) is 0. The number of ketones is 1. The zero-order valence-corrected chi connectivity index (χ0v) is 7.06. The number of halogens is 1. The van der Waals surface area contributed by atoms with Gasteiger partial charge in [0.1, 0.15) is 7.85 Å². The maximum atomic E-state index is 11.1. The first kappa shape index (κ1) is 8.34. The fourth-order valence-corrected chi connectivity index (χ4v) is 0.966. The first-order valence-corrected chi connectivity index (χ1v) is 3.90. The van der Waals surface area contributed by atoms with E-state index in [-0.39, 0.29) is 5.78 Å². The monoisotopic (exact) mass is 166 g/mol. The fraction of sp³-hybridized carbons (Fsp3) is 0.125. The topological polar surface area (TPSA) is 17.1 Å². The number of hydrogen-bond acceptors (Lipinski definition) is 1. The van der Waals surface area contributed by atoms with Crippen LogP contribution in [-0.4, -0.2) is 13.6 Å². The quantitative estimate of drug-likeness (QED) is 0.481. The van der Waals surface area contributed by atoms with Gasteiger partial charge in [-0.05, 0) is 30.6 Å². The van der Waals surface area contributed by atoms with Crippen molar-refractivity contribution in [1.29, 1.82) is 0 Å². The van der Waals surface area contributed by atoms with E-state index in [9.17, 15) is 4.79 Å². The Morgan fingerprint density at radius 1 is 1.36 bits per heavy atom. The van der Waals surface area contributed by atoms with Crippen molar-refractivity contribution in [2.45, 2.75) is 6.32 Å². The van der Waals surface area contributed by atoms with Crippen LogP contribution in [0.25, 0.3) is 0 Å². The van der Waals surface area contributed by atoms with Crippen LogP contribution in [-0.2, 0) is 0 Å². The number of benzene rings is 1. The average Bonchev–Trinajstić information content (AvgIpc) is 2.05. The molecule has 0 radical (unpaired) electrons. The maximum absolute atomic E-state index is 11.1. The van der Waals surface area contributed by atoms with E-state index in [1.807, 2.05) is 7.85 Å². The molecule has 0 fully saturated rings. The second-order valence-corrected chi connectivity index (χ2v) is 2.72. The van der Waals surface area contributed by atoms with E-state index in [1.165, 1.54) is 0 Å². The zero-order valence-electron chi connectivity index (χ0n) is 6.30. The van der Waals surface area contributed by atoms with Crippen LogP contribution in [0, 0.1) is 0 Å². The third kappa shape index (κ3) is 2.09. The molecule has 0 aliphatic heterocycles. The van der Waals surface area contributed by atoms with E-state index in [0.29, 0.717) is 11.3 Å². The van der Waals surface area contributed by atoms with Crippen molar-refractivity contribution >= 4 is 25.2 Å². The van der Waals surface area contributed by atoms with Crippen LogP contribution in [0.15, 0.2) is 24.3 Å². The minimum Gasteiger partial charge on any atom is -0.295 e. The molecule has 0 bridgehead atoms. The fourth-order valence-electron chi connectivity index (χ4n) is 0.840. The molecule has 0 atom stereocenters. The average molecular weight is 166 g/mol. The second kappa shape index (κ2) is 3.58. The molecule has 0 N–H and O–H groups in total. The highest BCUT2D eigenvalue weighted by atomic mass is 35.5. The SMILES string of the molecule is BCC(=O)c1ccc(Cl)cc1. The predicted molar refractivity (Wildman–Crippen MR) is 49.1 cm³/mol. The third-order valence-corrected chi connectivity index (χ3v) is 1.74. The van der Waals surface area contributed by atoms with Crippen molar-refractivity contribution in [3.05, 3.63) is 34.9 Å². The molecule has 0 unspecified atom stereocenters. The normalized spacial score (nSPS) is 9.55. The summed E-state index contributed by atoms with van der Waals surface area (Å²) in [5, 5.41) is 0.664. The molecular weight excluding hydrogens is 158 g/mol. The summed E-state index contributed by atoms with van der Waals surface area (Å²) < 4.78 is 0. The molecule has 1 rings (SSSR count). The molecule has 1 aromatic rings. The largest absolute Gasteiger partial charge is 0.295 e. The summed E-state index contributed by atoms with van der Waals surface area (Å²) in [4.78, 5) is 11.1. The number of carbonyl (C=O) groups excluding carboxylic acids is 1. The van der Waals surface area contributed by atoms with Gasteiger partial charge in [0.25, 0.3) is 0 Å². The van der Waals surface area contributed by atoms with Gasteiger partial charge >= 0.3 is 0 Å². The van der Waals surface area contributed by atoms with Crippen LogP contribution < -0.4 is 0 Å². The molecule has 0 aromatic heterocycles. The third-order valence-electron chi connectivity index (χ3n) is 1.49. The lowest BCUT2D eigenvalue weighted by Crippen LogP contribution is -1.95. The number of rotatable bonds is 2. The lowest BCUT2D eigenvalue weighted by atomic mass is 9.96. The Morgan fingerprint density at radius 2 is 1.91 bits per heavy atom. The molecule has 0 saturated carbocycles. The Hall–Kier alpha value is -0.755. The van der Waals surface area contributed by atoms with Gasteiger partial charge in [-0.3, -0.25) is 4.79 Å². The Morgan fingerprint density at radius 3 is 2.36 bits per heavy atom. The zero-order chi connectivity index (χ0) is 8.27. The number of hydrogen-bond donors (Lipinski definition) is 0. The molecule has 11 heavy (non-hydrogen) atoms. The van der Waals surface area contributed by atoms with Crippen molar-refractivity contribution in [2.24, 2.45) is 0 Å². The van der Waals surface area contributed by atoms with Crippen LogP contribution in [0.5, 0.6) is 0 Å². The van der Waals surface area contributed by atoms with Gasteiger partial charge in [-0.25, -0.2) is 0 Å². The van der Waals surface area contributed by atoms with E-state index in [4.69, 9.17) is 11.6 Å². The lowest BCUT2D eigenvalue weighted by Gasteiger charge is -1.95. The molecule has 56 valence electrons. The van der Waals surface area contributed by atoms with Gasteiger partial charge in [0, 0.05) is 10.6 Å². The van der Waals surface area contributed by atoms with Gasteiger partial charge in [0.2, 0.25) is 0 Å². The van der Waals surface area contributed by atoms with Crippen LogP contribution in [0.1, 0.15) is 10.4 Å². The summed E-state index contributed by atoms with van der Waals surface area (Å²) in [5.41, 5.74) is 0.733. The molecule has 0 heterocycles. The number of Topliss-reactive ketones (excluding diaryl/α,β-unsaturated/α-hetero) is 1. The van der Waals surface area contributed by atoms with Crippen LogP contribution in [0.2, 0.25) is 11.3 Å². The summed E-state index contributed by atoms with van der Waals surface area (Å²) in [5.74, 6) is 0.154. The molecule has 0 saturated heterocycles. The van der Waals surface area contributed by atoms with Gasteiger partial charge in [-0.15, -0.1) is 0 Å². The molecule has 3 heteroatoms. The minimum atomic E-state index is 0.154. The van der Waals surface area contributed by atoms with Crippen molar-refractivity contribution in [1.82, 2.24) is 0 Å². The summed E-state index contributed by atoms with van der Waals surface area (Å²) in [6, 6.07) is 6.94. The first-order chi connectivity index (χ1) is 5.24. The number of carbonyl (C=O) groups is 1. The highest BCUT2D eigenvalue weighted by molar-refractivity contribution is 6.30. The second-order valence-electron chi connectivity index (χ2n) is 2.28.